The van der Waals surface area contributed by atoms with Crippen LogP contribution in [-0.2, 0) is 12.7 Å². The normalized spacial score (nSPS) is 12.4. The van der Waals surface area contributed by atoms with Gasteiger partial charge in [-0.3, -0.25) is 0 Å². The summed E-state index contributed by atoms with van der Waals surface area (Å²) in [6.07, 6.45) is -2.40. The summed E-state index contributed by atoms with van der Waals surface area (Å²) >= 11 is 1.05. The van der Waals surface area contributed by atoms with Crippen LogP contribution in [0.2, 0.25) is 0 Å². The lowest BCUT2D eigenvalue weighted by atomic mass is 10.2. The van der Waals surface area contributed by atoms with Gasteiger partial charge in [0.25, 0.3) is 0 Å². The van der Waals surface area contributed by atoms with Crippen LogP contribution in [0.15, 0.2) is 5.38 Å². The molecule has 1 N–H and O–H groups in total. The van der Waals surface area contributed by atoms with Crippen LogP contribution in [0.1, 0.15) is 37.4 Å². The first-order valence-corrected chi connectivity index (χ1v) is 6.10. The number of rotatable bonds is 5. The van der Waals surface area contributed by atoms with E-state index in [1.165, 1.54) is 0 Å². The molecule has 0 aromatic carbocycles. The quantitative estimate of drug-likeness (QED) is 0.868. The van der Waals surface area contributed by atoms with Crippen LogP contribution in [0.3, 0.4) is 0 Å². The van der Waals surface area contributed by atoms with E-state index in [1.807, 2.05) is 13.8 Å². The van der Waals surface area contributed by atoms with E-state index in [4.69, 9.17) is 0 Å². The molecule has 6 heteroatoms. The molecule has 0 fully saturated rings. The van der Waals surface area contributed by atoms with Gasteiger partial charge in [0, 0.05) is 18.0 Å². The van der Waals surface area contributed by atoms with E-state index in [0.717, 1.165) is 29.6 Å². The minimum absolute atomic E-state index is 0.346. The topological polar surface area (TPSA) is 24.9 Å². The fraction of sp³-hybridized carbons (Fsp3) is 0.700. The Bertz CT molecular complexity index is 318. The number of thiazole rings is 1. The smallest absolute Gasteiger partial charge is 0.308 e. The van der Waals surface area contributed by atoms with Crippen molar-refractivity contribution in [2.24, 2.45) is 0 Å². The van der Waals surface area contributed by atoms with E-state index in [-0.39, 0.29) is 0 Å². The van der Waals surface area contributed by atoms with Gasteiger partial charge in [0.2, 0.25) is 0 Å². The van der Waals surface area contributed by atoms with Crippen molar-refractivity contribution in [2.45, 2.75) is 45.5 Å². The first kappa shape index (κ1) is 13.4. The van der Waals surface area contributed by atoms with Crippen LogP contribution in [0, 0.1) is 0 Å². The highest BCUT2D eigenvalue weighted by Gasteiger charge is 2.33. The van der Waals surface area contributed by atoms with Gasteiger partial charge in [0.15, 0.2) is 5.69 Å². The van der Waals surface area contributed by atoms with Gasteiger partial charge in [0.1, 0.15) is 5.01 Å². The van der Waals surface area contributed by atoms with Crippen LogP contribution in [0.5, 0.6) is 0 Å². The molecular weight excluding hydrogens is 237 g/mol. The molecule has 0 amide bonds. The summed E-state index contributed by atoms with van der Waals surface area (Å²) in [4.78, 5) is 3.55. The number of alkyl halides is 3. The Hall–Kier alpha value is -0.620. The summed E-state index contributed by atoms with van der Waals surface area (Å²) in [5.41, 5.74) is -0.793. The molecule has 1 heterocycles. The van der Waals surface area contributed by atoms with Gasteiger partial charge in [-0.1, -0.05) is 13.8 Å². The lowest BCUT2D eigenvalue weighted by molar-refractivity contribution is -0.140. The van der Waals surface area contributed by atoms with Crippen molar-refractivity contribution in [3.05, 3.63) is 16.1 Å². The summed E-state index contributed by atoms with van der Waals surface area (Å²) in [5, 5.41) is 4.73. The van der Waals surface area contributed by atoms with Gasteiger partial charge in [-0.25, -0.2) is 4.98 Å². The van der Waals surface area contributed by atoms with Crippen molar-refractivity contribution < 1.29 is 13.2 Å². The molecule has 0 aliphatic carbocycles. The van der Waals surface area contributed by atoms with Crippen LogP contribution >= 0.6 is 11.3 Å². The van der Waals surface area contributed by atoms with Crippen molar-refractivity contribution in [1.82, 2.24) is 10.3 Å². The average Bonchev–Trinajstić information content (AvgIpc) is 2.67. The Morgan fingerprint density at radius 1 is 1.38 bits per heavy atom. The van der Waals surface area contributed by atoms with Gasteiger partial charge in [-0.2, -0.15) is 13.2 Å². The maximum Gasteiger partial charge on any atom is 0.434 e. The zero-order chi connectivity index (χ0) is 12.2. The van der Waals surface area contributed by atoms with Crippen molar-refractivity contribution in [3.8, 4) is 0 Å². The zero-order valence-corrected chi connectivity index (χ0v) is 10.1. The minimum Gasteiger partial charge on any atom is -0.308 e. The molecule has 0 bridgehead atoms. The molecule has 0 saturated carbocycles. The highest BCUT2D eigenvalue weighted by molar-refractivity contribution is 7.09. The molecule has 0 saturated heterocycles. The van der Waals surface area contributed by atoms with E-state index in [1.54, 1.807) is 0 Å². The second-order valence-electron chi connectivity index (χ2n) is 3.52. The molecule has 1 rings (SSSR count). The fourth-order valence-electron chi connectivity index (χ4n) is 1.33. The maximum atomic E-state index is 12.3. The predicted molar refractivity (Wildman–Crippen MR) is 58.3 cm³/mol. The van der Waals surface area contributed by atoms with E-state index in [2.05, 4.69) is 10.3 Å². The number of hydrogen-bond acceptors (Lipinski definition) is 3. The lowest BCUT2D eigenvalue weighted by Gasteiger charge is -2.12. The summed E-state index contributed by atoms with van der Waals surface area (Å²) in [7, 11) is 0. The highest BCUT2D eigenvalue weighted by Crippen LogP contribution is 2.29. The summed E-state index contributed by atoms with van der Waals surface area (Å²) in [6, 6.07) is 0.346. The van der Waals surface area contributed by atoms with Crippen molar-refractivity contribution in [1.29, 1.82) is 0 Å². The van der Waals surface area contributed by atoms with E-state index in [9.17, 15) is 13.2 Å². The molecule has 0 unspecified atom stereocenters. The van der Waals surface area contributed by atoms with E-state index >= 15 is 0 Å². The van der Waals surface area contributed by atoms with Crippen molar-refractivity contribution in [3.63, 3.8) is 0 Å². The van der Waals surface area contributed by atoms with Crippen molar-refractivity contribution in [2.75, 3.05) is 0 Å². The third-order valence-corrected chi connectivity index (χ3v) is 3.22. The molecule has 2 nitrogen and oxygen atoms in total. The Morgan fingerprint density at radius 3 is 2.44 bits per heavy atom. The Kier molecular flexibility index (Phi) is 4.73. The van der Waals surface area contributed by atoms with Crippen LogP contribution in [0.4, 0.5) is 13.2 Å². The monoisotopic (exact) mass is 252 g/mol. The number of halogens is 3. The van der Waals surface area contributed by atoms with Crippen molar-refractivity contribution >= 4 is 11.3 Å². The molecule has 16 heavy (non-hydrogen) atoms. The van der Waals surface area contributed by atoms with Gasteiger partial charge < -0.3 is 5.32 Å². The minimum atomic E-state index is -4.33. The fourth-order valence-corrected chi connectivity index (χ4v) is 2.08. The predicted octanol–water partition coefficient (Wildman–Crippen LogP) is 3.44. The third-order valence-electron chi connectivity index (χ3n) is 2.37. The Labute approximate surface area is 96.9 Å². The van der Waals surface area contributed by atoms with Crippen LogP contribution in [-0.4, -0.2) is 11.0 Å². The zero-order valence-electron chi connectivity index (χ0n) is 9.27. The molecule has 92 valence electrons. The largest absolute Gasteiger partial charge is 0.434 e. The molecular formula is C10H15F3N2S. The van der Waals surface area contributed by atoms with E-state index in [0.29, 0.717) is 17.6 Å². The van der Waals surface area contributed by atoms with Crippen LogP contribution < -0.4 is 5.32 Å². The molecule has 0 radical (unpaired) electrons. The van der Waals surface area contributed by atoms with Gasteiger partial charge in [-0.15, -0.1) is 11.3 Å². The molecule has 1 aromatic heterocycles. The van der Waals surface area contributed by atoms with Crippen LogP contribution in [0.25, 0.3) is 0 Å². The average molecular weight is 252 g/mol. The van der Waals surface area contributed by atoms with Gasteiger partial charge >= 0.3 is 6.18 Å². The number of hydrogen-bond donors (Lipinski definition) is 1. The Balaban J connectivity index is 2.53. The number of nitrogens with zero attached hydrogens (tertiary/aromatic N) is 1. The summed E-state index contributed by atoms with van der Waals surface area (Å²) in [6.45, 7) is 4.50. The molecule has 0 aliphatic heterocycles. The Morgan fingerprint density at radius 2 is 2.00 bits per heavy atom. The summed E-state index contributed by atoms with van der Waals surface area (Å²) < 4.78 is 36.8. The van der Waals surface area contributed by atoms with Gasteiger partial charge in [-0.05, 0) is 12.8 Å². The number of aromatic nitrogens is 1. The SMILES string of the molecule is CCC(CC)NCc1nc(C(F)(F)F)cs1. The van der Waals surface area contributed by atoms with E-state index < -0.39 is 11.9 Å². The molecule has 0 spiro atoms. The molecule has 0 atom stereocenters. The third kappa shape index (κ3) is 3.75. The first-order chi connectivity index (χ1) is 7.47. The molecule has 1 aromatic rings. The number of nitrogens with one attached hydrogen (secondary N) is 1. The lowest BCUT2D eigenvalue weighted by Crippen LogP contribution is -2.27. The standard InChI is InChI=1S/C10H15F3N2S/c1-3-7(4-2)14-5-9-15-8(6-16-9)10(11,12)13/h6-7,14H,3-5H2,1-2H3. The van der Waals surface area contributed by atoms with Gasteiger partial charge in [0.05, 0.1) is 0 Å². The summed E-state index contributed by atoms with van der Waals surface area (Å²) in [5.74, 6) is 0. The second kappa shape index (κ2) is 5.63. The second-order valence-corrected chi connectivity index (χ2v) is 4.46. The highest BCUT2D eigenvalue weighted by atomic mass is 32.1. The first-order valence-electron chi connectivity index (χ1n) is 5.22. The maximum absolute atomic E-state index is 12.3. The molecule has 0 aliphatic rings.